The number of hydrogen-bond donors (Lipinski definition) is 6. The molecular weight excluding hydrogens is 1460 g/mol. The molecule has 6 amide bonds. The topological polar surface area (TPSA) is 316 Å². The molecule has 27 heteroatoms. The van der Waals surface area contributed by atoms with E-state index in [1.165, 1.54) is 0 Å². The Morgan fingerprint density at radius 2 is 0.728 bits per heavy atom. The smallest absolute Gasteiger partial charge is 0.251 e. The Morgan fingerprint density at radius 3 is 1.06 bits per heavy atom. The molecule has 26 nitrogen and oxygen atoms in total. The van der Waals surface area contributed by atoms with E-state index in [-0.39, 0.29) is 47.3 Å². The van der Waals surface area contributed by atoms with Gasteiger partial charge in [0.2, 0.25) is 11.8 Å². The molecule has 114 heavy (non-hydrogen) atoms. The molecule has 17 rings (SSSR count). The lowest BCUT2D eigenvalue weighted by atomic mass is 9.85. The number of benzene rings is 4. The van der Waals surface area contributed by atoms with Crippen molar-refractivity contribution in [3.8, 4) is 78.8 Å². The first-order valence-electron chi connectivity index (χ1n) is 38.3. The standard InChI is InChI=1S/C24H25N5O2.C24H27N5O2.C20H20N4O2.C19H17ClN4O2/c1-15-5-6-17(24(31)27-19-7-8-19)9-22(15)18-11-26-29(14-18)21-10-20(12-25-13-21)28-23(30)16-3-2-4-16;1-15(2)8-23(30)27-20-10-21(13-25-12-20)29-14-18(11-26-29)22-9-17(5-4-16(22)3)24(31)28-19-6-7-19;1-13-3-4-14(20(25)23-16-5-6-16)7-19(13)15-9-22-24(12-15)17-8-18(26-2)11-21-10-17;1-26-16-7-15(9-21-10-16)24-11-13(8-22-24)17-6-12(2-5-18(17)20)19(25)23-14-3-4-14/h5-6,9-14,16,19H,2-4,7-8H2,1H3,(H,27,31)(H,28,30);4-5,9-15,19H,6-8H2,1-3H3,(H,27,30)(H,28,31);3-4,7-12,16H,5-6H2,1-2H3,(H,23,25);2,5-11,14H,3-4H2,1H3,(H,23,25). The highest BCUT2D eigenvalue weighted by Gasteiger charge is 2.29. The number of nitrogens with one attached hydrogen (secondary N) is 6. The van der Waals surface area contributed by atoms with Crippen LogP contribution in [0.2, 0.25) is 5.02 Å². The molecule has 0 atom stereocenters. The summed E-state index contributed by atoms with van der Waals surface area (Å²) >= 11 is 6.36. The number of carbonyl (C=O) groups is 6. The van der Waals surface area contributed by atoms with Crippen LogP contribution in [0.15, 0.2) is 196 Å². The van der Waals surface area contributed by atoms with Crippen LogP contribution in [0.5, 0.6) is 11.5 Å². The highest BCUT2D eigenvalue weighted by Crippen LogP contribution is 2.35. The molecule has 5 saturated carbocycles. The second-order valence-electron chi connectivity index (χ2n) is 29.8. The van der Waals surface area contributed by atoms with Crippen LogP contribution in [-0.2, 0) is 9.59 Å². The van der Waals surface area contributed by atoms with Gasteiger partial charge in [-0.05, 0) is 191 Å². The Balaban J connectivity index is 0.000000126. The van der Waals surface area contributed by atoms with Crippen LogP contribution in [0, 0.1) is 32.6 Å². The van der Waals surface area contributed by atoms with Crippen molar-refractivity contribution >= 4 is 58.4 Å². The Kier molecular flexibility index (Phi) is 24.0. The molecule has 0 bridgehead atoms. The Labute approximate surface area is 664 Å². The average molecular weight is 1550 g/mol. The molecule has 5 aliphatic rings. The van der Waals surface area contributed by atoms with Gasteiger partial charge in [-0.2, -0.15) is 20.4 Å². The van der Waals surface area contributed by atoms with E-state index >= 15 is 0 Å². The van der Waals surface area contributed by atoms with Gasteiger partial charge in [-0.3, -0.25) is 48.7 Å². The fourth-order valence-electron chi connectivity index (χ4n) is 12.5. The van der Waals surface area contributed by atoms with E-state index < -0.39 is 0 Å². The number of rotatable bonds is 23. The summed E-state index contributed by atoms with van der Waals surface area (Å²) in [7, 11) is 3.20. The zero-order valence-electron chi connectivity index (χ0n) is 64.4. The summed E-state index contributed by atoms with van der Waals surface area (Å²) in [4.78, 5) is 90.6. The van der Waals surface area contributed by atoms with E-state index in [9.17, 15) is 28.8 Å². The van der Waals surface area contributed by atoms with Crippen LogP contribution in [0.3, 0.4) is 0 Å². The van der Waals surface area contributed by atoms with Crippen molar-refractivity contribution in [1.82, 2.24) is 80.3 Å². The third-order valence-corrected chi connectivity index (χ3v) is 20.3. The minimum Gasteiger partial charge on any atom is -0.495 e. The van der Waals surface area contributed by atoms with Crippen molar-refractivity contribution < 1.29 is 38.2 Å². The van der Waals surface area contributed by atoms with Gasteiger partial charge in [0.05, 0.1) is 123 Å². The number of ether oxygens (including phenoxy) is 2. The van der Waals surface area contributed by atoms with Gasteiger partial charge in [0.1, 0.15) is 11.5 Å². The maximum atomic E-state index is 12.4. The van der Waals surface area contributed by atoms with Crippen molar-refractivity contribution in [2.45, 2.75) is 136 Å². The molecule has 582 valence electrons. The molecule has 5 fully saturated rings. The molecule has 0 spiro atoms. The van der Waals surface area contributed by atoms with Crippen LogP contribution in [-0.4, -0.2) is 133 Å². The molecule has 8 aromatic heterocycles. The number of hydrogen-bond acceptors (Lipinski definition) is 16. The number of nitrogens with zero attached hydrogens (tertiary/aromatic N) is 12. The molecule has 0 unspecified atom stereocenters. The molecule has 12 aromatic rings. The van der Waals surface area contributed by atoms with E-state index in [0.717, 1.165) is 155 Å². The normalized spacial score (nSPS) is 14.1. The molecule has 5 aliphatic carbocycles. The largest absolute Gasteiger partial charge is 0.495 e. The first kappa shape index (κ1) is 77.7. The summed E-state index contributed by atoms with van der Waals surface area (Å²) in [5.74, 6) is 1.59. The van der Waals surface area contributed by atoms with E-state index in [1.807, 2.05) is 138 Å². The number of anilines is 2. The lowest BCUT2D eigenvalue weighted by Crippen LogP contribution is -2.28. The molecule has 6 N–H and O–H groups in total. The zero-order valence-corrected chi connectivity index (χ0v) is 65.2. The van der Waals surface area contributed by atoms with Gasteiger partial charge in [0.25, 0.3) is 23.6 Å². The lowest BCUT2D eigenvalue weighted by Gasteiger charge is -2.24. The summed E-state index contributed by atoms with van der Waals surface area (Å²) < 4.78 is 17.3. The molecule has 0 saturated heterocycles. The van der Waals surface area contributed by atoms with E-state index in [4.69, 9.17) is 21.1 Å². The lowest BCUT2D eigenvalue weighted by molar-refractivity contribution is -0.122. The van der Waals surface area contributed by atoms with Crippen LogP contribution >= 0.6 is 11.6 Å². The van der Waals surface area contributed by atoms with Gasteiger partial charge in [-0.25, -0.2) is 18.7 Å². The fraction of sp³-hybridized carbons (Fsp3) is 0.287. The van der Waals surface area contributed by atoms with Gasteiger partial charge in [-0.15, -0.1) is 0 Å². The van der Waals surface area contributed by atoms with Crippen molar-refractivity contribution in [3.63, 3.8) is 0 Å². The van der Waals surface area contributed by atoms with Crippen LogP contribution in [0.4, 0.5) is 11.4 Å². The van der Waals surface area contributed by atoms with Crippen LogP contribution < -0.4 is 41.4 Å². The quantitative estimate of drug-likeness (QED) is 0.0347. The maximum Gasteiger partial charge on any atom is 0.251 e. The Morgan fingerprint density at radius 1 is 0.404 bits per heavy atom. The van der Waals surface area contributed by atoms with Gasteiger partial charge >= 0.3 is 0 Å². The molecular formula is C87H89ClN18O8. The van der Waals surface area contributed by atoms with Crippen molar-refractivity contribution in [2.24, 2.45) is 11.8 Å². The molecule has 8 heterocycles. The Bertz CT molecular complexity index is 5370. The highest BCUT2D eigenvalue weighted by molar-refractivity contribution is 6.33. The van der Waals surface area contributed by atoms with Crippen molar-refractivity contribution in [1.29, 1.82) is 0 Å². The number of halogens is 1. The summed E-state index contributed by atoms with van der Waals surface area (Å²) in [6.07, 6.45) is 40.0. The predicted molar refractivity (Wildman–Crippen MR) is 436 cm³/mol. The summed E-state index contributed by atoms with van der Waals surface area (Å²) in [6.45, 7) is 10.1. The van der Waals surface area contributed by atoms with Gasteiger partial charge in [0.15, 0.2) is 0 Å². The monoisotopic (exact) mass is 1550 g/mol. The second kappa shape index (κ2) is 35.2. The van der Waals surface area contributed by atoms with Crippen LogP contribution in [0.25, 0.3) is 67.3 Å². The third kappa shape index (κ3) is 20.2. The van der Waals surface area contributed by atoms with Gasteiger partial charge in [0, 0.05) is 129 Å². The minimum atomic E-state index is -0.0743. The molecule has 0 radical (unpaired) electrons. The molecule has 4 aromatic carbocycles. The summed E-state index contributed by atoms with van der Waals surface area (Å²) in [5.41, 5.74) is 17.5. The zero-order chi connectivity index (χ0) is 79.5. The van der Waals surface area contributed by atoms with E-state index in [1.54, 1.807) is 126 Å². The van der Waals surface area contributed by atoms with Gasteiger partial charge in [-0.1, -0.05) is 50.1 Å². The second-order valence-corrected chi connectivity index (χ2v) is 30.2. The minimum absolute atomic E-state index is 0.0156. The van der Waals surface area contributed by atoms with E-state index in [0.29, 0.717) is 80.7 Å². The average Bonchev–Trinajstić information content (AvgIpc) is 1.63. The van der Waals surface area contributed by atoms with Crippen molar-refractivity contribution in [2.75, 3.05) is 24.9 Å². The number of carbonyl (C=O) groups excluding carboxylic acids is 6. The number of amides is 6. The van der Waals surface area contributed by atoms with Crippen LogP contribution in [0.1, 0.15) is 149 Å². The van der Waals surface area contributed by atoms with E-state index in [2.05, 4.69) is 72.2 Å². The van der Waals surface area contributed by atoms with Gasteiger partial charge < -0.3 is 41.4 Å². The first-order chi connectivity index (χ1) is 55.2. The molecule has 0 aliphatic heterocycles. The highest BCUT2D eigenvalue weighted by atomic mass is 35.5. The number of pyridine rings is 4. The number of aryl methyl sites for hydroxylation is 3. The fourth-order valence-corrected chi connectivity index (χ4v) is 12.8. The summed E-state index contributed by atoms with van der Waals surface area (Å²) in [5, 5.41) is 36.2. The maximum absolute atomic E-state index is 12.4. The summed E-state index contributed by atoms with van der Waals surface area (Å²) in [6, 6.07) is 31.2. The Hall–Kier alpha value is -13.0. The predicted octanol–water partition coefficient (Wildman–Crippen LogP) is 14.6. The number of aromatic nitrogens is 12. The SMILES string of the molecule is COc1cncc(-n2cc(-c3cc(C(=O)NC4CC4)ccc3C)cn2)c1.COc1cncc(-n2cc(-c3cc(C(=O)NC4CC4)ccc3Cl)cn2)c1.Cc1ccc(C(=O)NC2CC2)cc1-c1cnn(-c2cncc(NC(=O)C3CCC3)c2)c1.Cc1ccc(C(=O)NC2CC2)cc1-c1cnn(-c2cncc(NC(=O)CC(C)C)c2)c1. The number of methoxy groups -OCH3 is 2. The first-order valence-corrected chi connectivity index (χ1v) is 38.7. The van der Waals surface area contributed by atoms with Crippen molar-refractivity contribution in [3.05, 3.63) is 240 Å². The third-order valence-electron chi connectivity index (χ3n) is 19.9.